The maximum Gasteiger partial charge on any atom is 0.247 e. The maximum absolute atomic E-state index is 12.0. The van der Waals surface area contributed by atoms with Crippen LogP contribution in [-0.4, -0.2) is 35.0 Å². The zero-order valence-electron chi connectivity index (χ0n) is 15.2. The third kappa shape index (κ3) is 3.51. The second-order valence-corrected chi connectivity index (χ2v) is 7.11. The van der Waals surface area contributed by atoms with Gasteiger partial charge in [-0.1, -0.05) is 78.3 Å². The molecular formula is C23H23BNO2. The molecule has 1 radical (unpaired) electrons. The van der Waals surface area contributed by atoms with Crippen molar-refractivity contribution < 1.29 is 10.2 Å². The molecule has 3 aromatic carbocycles. The molecule has 2 N–H and O–H groups in total. The Balaban J connectivity index is 1.72. The molecule has 0 amide bonds. The molecule has 0 bridgehead atoms. The number of aromatic hydroxyl groups is 1. The van der Waals surface area contributed by atoms with Gasteiger partial charge >= 0.3 is 0 Å². The van der Waals surface area contributed by atoms with Gasteiger partial charge in [-0.05, 0) is 42.6 Å². The molecule has 1 unspecified atom stereocenters. The van der Waals surface area contributed by atoms with Crippen LogP contribution in [0.5, 0.6) is 5.75 Å². The lowest BCUT2D eigenvalue weighted by Crippen LogP contribution is -2.51. The van der Waals surface area contributed by atoms with Crippen molar-refractivity contribution in [3.63, 3.8) is 0 Å². The van der Waals surface area contributed by atoms with Crippen molar-refractivity contribution in [2.75, 3.05) is 6.54 Å². The summed E-state index contributed by atoms with van der Waals surface area (Å²) >= 11 is 0. The Morgan fingerprint density at radius 1 is 0.815 bits per heavy atom. The molecule has 4 rings (SSSR count). The van der Waals surface area contributed by atoms with Crippen molar-refractivity contribution in [1.82, 2.24) is 4.81 Å². The lowest BCUT2D eigenvalue weighted by atomic mass is 9.73. The van der Waals surface area contributed by atoms with Crippen LogP contribution in [0.1, 0.15) is 24.0 Å². The Bertz CT molecular complexity index is 828. The topological polar surface area (TPSA) is 43.7 Å². The molecule has 4 heteroatoms. The van der Waals surface area contributed by atoms with Crippen LogP contribution < -0.4 is 5.46 Å². The molecule has 1 heterocycles. The fraction of sp³-hybridized carbons (Fsp3) is 0.217. The monoisotopic (exact) mass is 356 g/mol. The van der Waals surface area contributed by atoms with Crippen LogP contribution >= 0.6 is 0 Å². The van der Waals surface area contributed by atoms with E-state index in [1.54, 1.807) is 12.1 Å². The van der Waals surface area contributed by atoms with E-state index in [1.165, 1.54) is 0 Å². The van der Waals surface area contributed by atoms with Gasteiger partial charge < -0.3 is 15.0 Å². The Kier molecular flexibility index (Phi) is 5.02. The molecule has 0 saturated carbocycles. The molecule has 1 fully saturated rings. The summed E-state index contributed by atoms with van der Waals surface area (Å²) in [5.74, 6) is 0.259. The standard InChI is InChI=1S/C23H23BNO2/c26-21-15-13-20(14-16-21)24-25-17-7-12-22(25)23(27,18-8-3-1-4-9-18)19-10-5-2-6-11-19/h1-6,8-11,13-16,22,26-27H,7,12,17H2. The lowest BCUT2D eigenvalue weighted by molar-refractivity contribution is 0.0202. The molecule has 27 heavy (non-hydrogen) atoms. The van der Waals surface area contributed by atoms with Gasteiger partial charge in [-0.2, -0.15) is 0 Å². The van der Waals surface area contributed by atoms with Gasteiger partial charge in [-0.15, -0.1) is 0 Å². The van der Waals surface area contributed by atoms with Gasteiger partial charge in [0.1, 0.15) is 11.4 Å². The highest BCUT2D eigenvalue weighted by molar-refractivity contribution is 6.50. The summed E-state index contributed by atoms with van der Waals surface area (Å²) in [5.41, 5.74) is 1.74. The summed E-state index contributed by atoms with van der Waals surface area (Å²) in [7, 11) is 2.09. The van der Waals surface area contributed by atoms with E-state index < -0.39 is 5.60 Å². The Morgan fingerprint density at radius 3 is 1.93 bits per heavy atom. The largest absolute Gasteiger partial charge is 0.508 e. The van der Waals surface area contributed by atoms with Crippen LogP contribution in [-0.2, 0) is 5.60 Å². The number of phenols is 1. The normalized spacial score (nSPS) is 17.7. The molecular weight excluding hydrogens is 333 g/mol. The summed E-state index contributed by atoms with van der Waals surface area (Å²) in [6.07, 6.45) is 1.94. The quantitative estimate of drug-likeness (QED) is 0.691. The molecule has 0 aliphatic carbocycles. The lowest BCUT2D eigenvalue weighted by Gasteiger charge is -2.40. The van der Waals surface area contributed by atoms with Crippen molar-refractivity contribution >= 4 is 12.9 Å². The fourth-order valence-electron chi connectivity index (χ4n) is 4.08. The van der Waals surface area contributed by atoms with Gasteiger partial charge in [-0.3, -0.25) is 0 Å². The molecule has 0 spiro atoms. The molecule has 1 saturated heterocycles. The molecule has 3 aromatic rings. The van der Waals surface area contributed by atoms with Crippen molar-refractivity contribution in [3.8, 4) is 5.75 Å². The smallest absolute Gasteiger partial charge is 0.247 e. The predicted octanol–water partition coefficient (Wildman–Crippen LogP) is 3.04. The molecule has 1 aliphatic heterocycles. The summed E-state index contributed by atoms with van der Waals surface area (Å²) in [6.45, 7) is 0.896. The van der Waals surface area contributed by atoms with Crippen LogP contribution in [0, 0.1) is 0 Å². The fourth-order valence-corrected chi connectivity index (χ4v) is 4.08. The van der Waals surface area contributed by atoms with Gasteiger partial charge in [0.25, 0.3) is 0 Å². The first-order valence-electron chi connectivity index (χ1n) is 9.41. The van der Waals surface area contributed by atoms with Gasteiger partial charge in [0.05, 0.1) is 0 Å². The first-order chi connectivity index (χ1) is 13.2. The number of aliphatic hydroxyl groups is 1. The van der Waals surface area contributed by atoms with Crippen molar-refractivity contribution in [2.45, 2.75) is 24.5 Å². The first kappa shape index (κ1) is 17.8. The highest BCUT2D eigenvalue weighted by Crippen LogP contribution is 2.39. The molecule has 1 atom stereocenters. The summed E-state index contributed by atoms with van der Waals surface area (Å²) in [4.78, 5) is 2.24. The second-order valence-electron chi connectivity index (χ2n) is 7.11. The molecule has 1 aliphatic rings. The van der Waals surface area contributed by atoms with Gasteiger partial charge in [0.15, 0.2) is 0 Å². The number of hydrogen-bond donors (Lipinski definition) is 2. The van der Waals surface area contributed by atoms with Crippen LogP contribution in [0.4, 0.5) is 0 Å². The number of phenolic OH excluding ortho intramolecular Hbond substituents is 1. The maximum atomic E-state index is 12.0. The van der Waals surface area contributed by atoms with E-state index in [-0.39, 0.29) is 11.8 Å². The van der Waals surface area contributed by atoms with E-state index in [9.17, 15) is 10.2 Å². The highest BCUT2D eigenvalue weighted by atomic mass is 16.3. The number of benzene rings is 3. The van der Waals surface area contributed by atoms with E-state index >= 15 is 0 Å². The number of hydrogen-bond acceptors (Lipinski definition) is 3. The zero-order valence-corrected chi connectivity index (χ0v) is 15.2. The zero-order chi connectivity index (χ0) is 18.7. The Labute approximate surface area is 161 Å². The van der Waals surface area contributed by atoms with Crippen molar-refractivity contribution in [3.05, 3.63) is 96.1 Å². The molecule has 3 nitrogen and oxygen atoms in total. The van der Waals surface area contributed by atoms with E-state index in [1.807, 2.05) is 72.8 Å². The summed E-state index contributed by atoms with van der Waals surface area (Å²) in [6, 6.07) is 27.0. The van der Waals surface area contributed by atoms with E-state index in [2.05, 4.69) is 12.2 Å². The SMILES string of the molecule is Oc1ccc([B]N2CCCC2C(O)(c2ccccc2)c2ccccc2)cc1. The Morgan fingerprint density at radius 2 is 1.37 bits per heavy atom. The third-order valence-electron chi connectivity index (χ3n) is 5.41. The number of nitrogens with zero attached hydrogens (tertiary/aromatic N) is 1. The van der Waals surface area contributed by atoms with Gasteiger partial charge in [0, 0.05) is 6.04 Å². The predicted molar refractivity (Wildman–Crippen MR) is 109 cm³/mol. The van der Waals surface area contributed by atoms with Crippen molar-refractivity contribution in [1.29, 1.82) is 0 Å². The number of rotatable bonds is 5. The minimum atomic E-state index is -1.09. The van der Waals surface area contributed by atoms with Crippen LogP contribution in [0.3, 0.4) is 0 Å². The third-order valence-corrected chi connectivity index (χ3v) is 5.41. The Hall–Kier alpha value is -2.56. The second kappa shape index (κ2) is 7.59. The van der Waals surface area contributed by atoms with Gasteiger partial charge in [-0.25, -0.2) is 0 Å². The highest BCUT2D eigenvalue weighted by Gasteiger charge is 2.45. The minimum Gasteiger partial charge on any atom is -0.508 e. The van der Waals surface area contributed by atoms with Crippen LogP contribution in [0.2, 0.25) is 0 Å². The average molecular weight is 356 g/mol. The summed E-state index contributed by atoms with van der Waals surface area (Å²) < 4.78 is 0. The molecule has 0 aromatic heterocycles. The average Bonchev–Trinajstić information content (AvgIpc) is 3.19. The van der Waals surface area contributed by atoms with E-state index in [0.717, 1.165) is 36.0 Å². The van der Waals surface area contributed by atoms with Crippen LogP contribution in [0.15, 0.2) is 84.9 Å². The minimum absolute atomic E-state index is 0.0592. The van der Waals surface area contributed by atoms with Crippen molar-refractivity contribution in [2.24, 2.45) is 0 Å². The first-order valence-corrected chi connectivity index (χ1v) is 9.41. The van der Waals surface area contributed by atoms with Gasteiger partial charge in [0.2, 0.25) is 7.41 Å². The van der Waals surface area contributed by atoms with E-state index in [0.29, 0.717) is 0 Å². The molecule has 135 valence electrons. The summed E-state index contributed by atoms with van der Waals surface area (Å²) in [5, 5.41) is 21.6. The van der Waals surface area contributed by atoms with E-state index in [4.69, 9.17) is 0 Å². The van der Waals surface area contributed by atoms with Crippen LogP contribution in [0.25, 0.3) is 0 Å².